The smallest absolute Gasteiger partial charge is 0.235 e. The molecule has 0 saturated carbocycles. The highest BCUT2D eigenvalue weighted by atomic mass is 16.6. The number of aromatic nitrogens is 1. The Bertz CT molecular complexity index is 555. The van der Waals surface area contributed by atoms with Crippen LogP contribution in [-0.2, 0) is 6.42 Å². The molecule has 0 fully saturated rings. The molecule has 4 heteroatoms. The Morgan fingerprint density at radius 3 is 3.00 bits per heavy atom. The molecule has 2 aromatic rings. The molecule has 0 unspecified atom stereocenters. The zero-order valence-electron chi connectivity index (χ0n) is 8.93. The minimum Gasteiger partial charge on any atom is -0.360 e. The maximum absolute atomic E-state index is 10.3. The molecule has 0 aliphatic heterocycles. The van der Waals surface area contributed by atoms with Crippen molar-refractivity contribution < 1.29 is 4.92 Å². The first-order valence-corrected chi connectivity index (χ1v) is 5.13. The molecule has 0 bridgehead atoms. The Hall–Kier alpha value is -2.10. The molecule has 0 spiro atoms. The molecule has 2 rings (SSSR count). The van der Waals surface area contributed by atoms with Crippen LogP contribution in [0.25, 0.3) is 17.0 Å². The summed E-state index contributed by atoms with van der Waals surface area (Å²) < 4.78 is 0. The highest BCUT2D eigenvalue weighted by Crippen LogP contribution is 2.22. The van der Waals surface area contributed by atoms with Crippen molar-refractivity contribution in [2.75, 3.05) is 0 Å². The lowest BCUT2D eigenvalue weighted by Crippen LogP contribution is -1.83. The summed E-state index contributed by atoms with van der Waals surface area (Å²) >= 11 is 0. The summed E-state index contributed by atoms with van der Waals surface area (Å²) in [6.07, 6.45) is 5.21. The number of rotatable bonds is 3. The number of hydrogen-bond acceptors (Lipinski definition) is 2. The molecule has 1 aromatic carbocycles. The van der Waals surface area contributed by atoms with Crippen LogP contribution < -0.4 is 0 Å². The van der Waals surface area contributed by atoms with Gasteiger partial charge in [0, 0.05) is 28.7 Å². The van der Waals surface area contributed by atoms with Crippen molar-refractivity contribution in [3.8, 4) is 0 Å². The summed E-state index contributed by atoms with van der Waals surface area (Å²) in [4.78, 5) is 13.0. The van der Waals surface area contributed by atoms with Gasteiger partial charge in [0.2, 0.25) is 6.20 Å². The average Bonchev–Trinajstić information content (AvgIpc) is 2.69. The van der Waals surface area contributed by atoms with E-state index < -0.39 is 4.92 Å². The second-order valence-corrected chi connectivity index (χ2v) is 3.54. The van der Waals surface area contributed by atoms with Crippen molar-refractivity contribution in [3.05, 3.63) is 51.8 Å². The zero-order chi connectivity index (χ0) is 11.5. The maximum atomic E-state index is 10.3. The van der Waals surface area contributed by atoms with Crippen molar-refractivity contribution in [3.63, 3.8) is 0 Å². The van der Waals surface area contributed by atoms with E-state index >= 15 is 0 Å². The van der Waals surface area contributed by atoms with Crippen LogP contribution in [0.3, 0.4) is 0 Å². The average molecular weight is 216 g/mol. The van der Waals surface area contributed by atoms with Crippen LogP contribution >= 0.6 is 0 Å². The monoisotopic (exact) mass is 216 g/mol. The van der Waals surface area contributed by atoms with E-state index in [1.54, 1.807) is 6.20 Å². The summed E-state index contributed by atoms with van der Waals surface area (Å²) in [6.45, 7) is 2.09. The summed E-state index contributed by atoms with van der Waals surface area (Å²) in [6, 6.07) is 5.99. The Balaban J connectivity index is 2.53. The SMILES string of the molecule is CCc1cccc2c(/C=C/[N+](=O)[O-])c[nH]c12. The van der Waals surface area contributed by atoms with Crippen LogP contribution in [0.1, 0.15) is 18.1 Å². The predicted molar refractivity (Wildman–Crippen MR) is 63.7 cm³/mol. The summed E-state index contributed by atoms with van der Waals surface area (Å²) in [5.41, 5.74) is 3.13. The Labute approximate surface area is 92.7 Å². The first-order chi connectivity index (χ1) is 7.72. The number of nitrogens with zero attached hydrogens (tertiary/aromatic N) is 1. The number of aromatic amines is 1. The number of benzene rings is 1. The van der Waals surface area contributed by atoms with Crippen LogP contribution in [-0.4, -0.2) is 9.91 Å². The first kappa shape index (κ1) is 10.4. The number of aryl methyl sites for hydroxylation is 1. The molecule has 1 heterocycles. The van der Waals surface area contributed by atoms with Gasteiger partial charge < -0.3 is 4.98 Å². The van der Waals surface area contributed by atoms with Gasteiger partial charge in [0.1, 0.15) is 0 Å². The van der Waals surface area contributed by atoms with Crippen molar-refractivity contribution in [2.45, 2.75) is 13.3 Å². The van der Waals surface area contributed by atoms with Crippen LogP contribution in [0.2, 0.25) is 0 Å². The molecule has 1 N–H and O–H groups in total. The van der Waals surface area contributed by atoms with Gasteiger partial charge in [0.15, 0.2) is 0 Å². The molecule has 0 atom stereocenters. The lowest BCUT2D eigenvalue weighted by atomic mass is 10.1. The van der Waals surface area contributed by atoms with E-state index in [0.29, 0.717) is 0 Å². The quantitative estimate of drug-likeness (QED) is 0.633. The summed E-state index contributed by atoms with van der Waals surface area (Å²) in [7, 11) is 0. The van der Waals surface area contributed by atoms with E-state index in [2.05, 4.69) is 18.0 Å². The first-order valence-electron chi connectivity index (χ1n) is 5.13. The molecule has 0 aliphatic rings. The fraction of sp³-hybridized carbons (Fsp3) is 0.167. The maximum Gasteiger partial charge on any atom is 0.235 e. The van der Waals surface area contributed by atoms with Gasteiger partial charge in [-0.1, -0.05) is 25.1 Å². The molecule has 4 nitrogen and oxygen atoms in total. The highest BCUT2D eigenvalue weighted by molar-refractivity contribution is 5.90. The normalized spacial score (nSPS) is 11.3. The van der Waals surface area contributed by atoms with E-state index in [4.69, 9.17) is 0 Å². The lowest BCUT2D eigenvalue weighted by Gasteiger charge is -1.98. The standard InChI is InChI=1S/C12H12N2O2/c1-2-9-4-3-5-11-10(6-7-14(15)16)8-13-12(9)11/h3-8,13H,2H2,1H3/b7-6+. The van der Waals surface area contributed by atoms with Gasteiger partial charge in [0.25, 0.3) is 0 Å². The zero-order valence-corrected chi connectivity index (χ0v) is 8.93. The largest absolute Gasteiger partial charge is 0.360 e. The van der Waals surface area contributed by atoms with Gasteiger partial charge >= 0.3 is 0 Å². The van der Waals surface area contributed by atoms with E-state index in [1.165, 1.54) is 11.6 Å². The second kappa shape index (κ2) is 4.18. The molecule has 0 saturated heterocycles. The third-order valence-electron chi connectivity index (χ3n) is 2.59. The third-order valence-corrected chi connectivity index (χ3v) is 2.59. The van der Waals surface area contributed by atoms with Crippen LogP contribution in [0.4, 0.5) is 0 Å². The van der Waals surface area contributed by atoms with Crippen molar-refractivity contribution in [1.82, 2.24) is 4.98 Å². The fourth-order valence-electron chi connectivity index (χ4n) is 1.81. The molecular formula is C12H12N2O2. The number of hydrogen-bond donors (Lipinski definition) is 1. The minimum absolute atomic E-state index is 0.456. The molecule has 0 radical (unpaired) electrons. The molecule has 0 amide bonds. The topological polar surface area (TPSA) is 58.9 Å². The van der Waals surface area contributed by atoms with Gasteiger partial charge in [-0.05, 0) is 12.0 Å². The van der Waals surface area contributed by atoms with Crippen molar-refractivity contribution >= 4 is 17.0 Å². The molecule has 16 heavy (non-hydrogen) atoms. The van der Waals surface area contributed by atoms with Crippen LogP contribution in [0.15, 0.2) is 30.6 Å². The van der Waals surface area contributed by atoms with E-state index in [9.17, 15) is 10.1 Å². The Morgan fingerprint density at radius 2 is 2.31 bits per heavy atom. The number of nitro groups is 1. The Kier molecular flexibility index (Phi) is 2.72. The fourth-order valence-corrected chi connectivity index (χ4v) is 1.81. The highest BCUT2D eigenvalue weighted by Gasteiger charge is 2.04. The lowest BCUT2D eigenvalue weighted by molar-refractivity contribution is -0.400. The molecule has 0 aliphatic carbocycles. The molecule has 82 valence electrons. The third kappa shape index (κ3) is 1.82. The van der Waals surface area contributed by atoms with Crippen molar-refractivity contribution in [2.24, 2.45) is 0 Å². The van der Waals surface area contributed by atoms with Gasteiger partial charge in [-0.25, -0.2) is 0 Å². The number of nitrogens with one attached hydrogen (secondary N) is 1. The molecule has 1 aromatic heterocycles. The summed E-state index contributed by atoms with van der Waals surface area (Å²) in [5.74, 6) is 0. The van der Waals surface area contributed by atoms with Gasteiger partial charge in [-0.2, -0.15) is 0 Å². The summed E-state index contributed by atoms with van der Waals surface area (Å²) in [5, 5.41) is 11.3. The van der Waals surface area contributed by atoms with E-state index in [0.717, 1.165) is 29.1 Å². The van der Waals surface area contributed by atoms with Gasteiger partial charge in [-0.3, -0.25) is 10.1 Å². The van der Waals surface area contributed by atoms with E-state index in [1.807, 2.05) is 12.1 Å². The van der Waals surface area contributed by atoms with Gasteiger partial charge in [-0.15, -0.1) is 0 Å². The van der Waals surface area contributed by atoms with Crippen LogP contribution in [0.5, 0.6) is 0 Å². The van der Waals surface area contributed by atoms with Crippen molar-refractivity contribution in [1.29, 1.82) is 0 Å². The van der Waals surface area contributed by atoms with Crippen LogP contribution in [0, 0.1) is 10.1 Å². The Morgan fingerprint density at radius 1 is 1.50 bits per heavy atom. The predicted octanol–water partition coefficient (Wildman–Crippen LogP) is 2.98. The van der Waals surface area contributed by atoms with E-state index in [-0.39, 0.29) is 0 Å². The number of fused-ring (bicyclic) bond motifs is 1. The number of H-pyrrole nitrogens is 1. The minimum atomic E-state index is -0.456. The molecular weight excluding hydrogens is 204 g/mol. The van der Waals surface area contributed by atoms with Gasteiger partial charge in [0.05, 0.1) is 4.92 Å². The number of para-hydroxylation sites is 1. The second-order valence-electron chi connectivity index (χ2n) is 3.54.